The van der Waals surface area contributed by atoms with E-state index in [1.807, 2.05) is 30.3 Å². The van der Waals surface area contributed by atoms with E-state index < -0.39 is 6.09 Å². The quantitative estimate of drug-likeness (QED) is 0.871. The van der Waals surface area contributed by atoms with E-state index in [9.17, 15) is 4.79 Å². The predicted octanol–water partition coefficient (Wildman–Crippen LogP) is 2.21. The lowest BCUT2D eigenvalue weighted by Crippen LogP contribution is -2.27. The number of aliphatic hydroxyl groups excluding tert-OH is 1. The Morgan fingerprint density at radius 1 is 1.50 bits per heavy atom. The van der Waals surface area contributed by atoms with Crippen molar-refractivity contribution in [3.63, 3.8) is 0 Å². The van der Waals surface area contributed by atoms with Gasteiger partial charge in [0.2, 0.25) is 0 Å². The molecule has 0 aliphatic heterocycles. The molecule has 18 heavy (non-hydrogen) atoms. The van der Waals surface area contributed by atoms with Crippen LogP contribution in [-0.4, -0.2) is 24.4 Å². The van der Waals surface area contributed by atoms with E-state index in [0.29, 0.717) is 5.76 Å². The number of carbonyl (C=O) groups is 1. The smallest absolute Gasteiger partial charge is 0.407 e. The highest BCUT2D eigenvalue weighted by atomic mass is 16.6. The largest absolute Gasteiger partial charge is 0.459 e. The van der Waals surface area contributed by atoms with Crippen LogP contribution in [0.5, 0.6) is 0 Å². The second kappa shape index (κ2) is 5.55. The number of hydrogen-bond donors (Lipinski definition) is 2. The SMILES string of the molecule is CC(NC(=O)OCCO)c1cc2ccccc2o1. The van der Waals surface area contributed by atoms with Crippen molar-refractivity contribution in [2.45, 2.75) is 13.0 Å². The van der Waals surface area contributed by atoms with Crippen molar-refractivity contribution >= 4 is 17.1 Å². The molecule has 5 nitrogen and oxygen atoms in total. The lowest BCUT2D eigenvalue weighted by Gasteiger charge is -2.10. The Kier molecular flexibility index (Phi) is 3.84. The van der Waals surface area contributed by atoms with Gasteiger partial charge in [-0.25, -0.2) is 4.79 Å². The predicted molar refractivity (Wildman–Crippen MR) is 66.2 cm³/mol. The molecule has 1 atom stereocenters. The minimum absolute atomic E-state index is 0.0152. The summed E-state index contributed by atoms with van der Waals surface area (Å²) in [5.74, 6) is 0.664. The molecule has 0 fully saturated rings. The van der Waals surface area contributed by atoms with Crippen LogP contribution in [-0.2, 0) is 4.74 Å². The molecule has 2 N–H and O–H groups in total. The molecule has 0 bridgehead atoms. The number of furan rings is 1. The van der Waals surface area contributed by atoms with E-state index in [-0.39, 0.29) is 19.3 Å². The van der Waals surface area contributed by atoms with E-state index in [2.05, 4.69) is 5.32 Å². The summed E-state index contributed by atoms with van der Waals surface area (Å²) in [6.07, 6.45) is -0.572. The molecule has 96 valence electrons. The van der Waals surface area contributed by atoms with Crippen molar-refractivity contribution in [3.05, 3.63) is 36.1 Å². The maximum atomic E-state index is 11.3. The van der Waals surface area contributed by atoms with Gasteiger partial charge in [0.15, 0.2) is 0 Å². The third-order valence-corrected chi connectivity index (χ3v) is 2.53. The highest BCUT2D eigenvalue weighted by molar-refractivity contribution is 5.78. The zero-order chi connectivity index (χ0) is 13.0. The standard InChI is InChI=1S/C13H15NO4/c1-9(14-13(16)17-7-6-15)12-8-10-4-2-3-5-11(10)18-12/h2-5,8-9,15H,6-7H2,1H3,(H,14,16). The fraction of sp³-hybridized carbons (Fsp3) is 0.308. The van der Waals surface area contributed by atoms with Gasteiger partial charge in [0.1, 0.15) is 18.0 Å². The minimum Gasteiger partial charge on any atom is -0.459 e. The van der Waals surface area contributed by atoms with Crippen LogP contribution in [0.1, 0.15) is 18.7 Å². The van der Waals surface area contributed by atoms with Crippen LogP contribution in [0.25, 0.3) is 11.0 Å². The lowest BCUT2D eigenvalue weighted by atomic mass is 10.2. The molecule has 0 spiro atoms. The van der Waals surface area contributed by atoms with Gasteiger partial charge >= 0.3 is 6.09 Å². The Bertz CT molecular complexity index is 502. The first kappa shape index (κ1) is 12.4. The molecule has 1 aromatic carbocycles. The summed E-state index contributed by atoms with van der Waals surface area (Å²) in [6, 6.07) is 9.23. The number of amides is 1. The Hall–Kier alpha value is -2.01. The fourth-order valence-electron chi connectivity index (χ4n) is 1.64. The molecule has 2 rings (SSSR count). The summed E-state index contributed by atoms with van der Waals surface area (Å²) in [5, 5.41) is 12.2. The molecule has 1 amide bonds. The highest BCUT2D eigenvalue weighted by Gasteiger charge is 2.14. The number of carbonyl (C=O) groups excluding carboxylic acids is 1. The van der Waals surface area contributed by atoms with Gasteiger partial charge in [-0.15, -0.1) is 0 Å². The Balaban J connectivity index is 2.04. The van der Waals surface area contributed by atoms with Gasteiger partial charge in [-0.2, -0.15) is 0 Å². The molecule has 0 aliphatic carbocycles. The van der Waals surface area contributed by atoms with Crippen molar-refractivity contribution in [2.75, 3.05) is 13.2 Å². The first-order valence-electron chi connectivity index (χ1n) is 5.73. The highest BCUT2D eigenvalue weighted by Crippen LogP contribution is 2.23. The van der Waals surface area contributed by atoms with Gasteiger partial charge in [-0.1, -0.05) is 18.2 Å². The van der Waals surface area contributed by atoms with Crippen molar-refractivity contribution in [1.29, 1.82) is 0 Å². The van der Waals surface area contributed by atoms with Gasteiger partial charge in [-0.05, 0) is 19.1 Å². The number of para-hydroxylation sites is 1. The zero-order valence-electron chi connectivity index (χ0n) is 10.1. The average Bonchev–Trinajstić information content (AvgIpc) is 2.80. The van der Waals surface area contributed by atoms with Crippen LogP contribution in [0.3, 0.4) is 0 Å². The molecule has 1 unspecified atom stereocenters. The summed E-state index contributed by atoms with van der Waals surface area (Å²) in [4.78, 5) is 11.3. The second-order valence-electron chi connectivity index (χ2n) is 3.91. The van der Waals surface area contributed by atoms with Crippen LogP contribution in [0.4, 0.5) is 4.79 Å². The lowest BCUT2D eigenvalue weighted by molar-refractivity contribution is 0.116. The molecule has 1 aromatic heterocycles. The van der Waals surface area contributed by atoms with Crippen LogP contribution < -0.4 is 5.32 Å². The summed E-state index contributed by atoms with van der Waals surface area (Å²) in [7, 11) is 0. The van der Waals surface area contributed by atoms with Crippen LogP contribution in [0, 0.1) is 0 Å². The van der Waals surface area contributed by atoms with Gasteiger partial charge in [0.05, 0.1) is 12.6 Å². The molecule has 0 radical (unpaired) electrons. The Labute approximate surface area is 104 Å². The fourth-order valence-corrected chi connectivity index (χ4v) is 1.64. The number of aliphatic hydroxyl groups is 1. The van der Waals surface area contributed by atoms with E-state index in [1.54, 1.807) is 6.92 Å². The zero-order valence-corrected chi connectivity index (χ0v) is 10.1. The van der Waals surface area contributed by atoms with Gasteiger partial charge in [0.25, 0.3) is 0 Å². The third-order valence-electron chi connectivity index (χ3n) is 2.53. The van der Waals surface area contributed by atoms with Crippen LogP contribution >= 0.6 is 0 Å². The summed E-state index contributed by atoms with van der Waals surface area (Å²) in [5.41, 5.74) is 0.782. The number of fused-ring (bicyclic) bond motifs is 1. The van der Waals surface area contributed by atoms with Crippen LogP contribution in [0.2, 0.25) is 0 Å². The first-order valence-corrected chi connectivity index (χ1v) is 5.73. The summed E-state index contributed by atoms with van der Waals surface area (Å²) >= 11 is 0. The van der Waals surface area contributed by atoms with E-state index in [0.717, 1.165) is 11.0 Å². The normalized spacial score (nSPS) is 12.3. The Morgan fingerprint density at radius 3 is 3.00 bits per heavy atom. The van der Waals surface area contributed by atoms with Gasteiger partial charge in [0, 0.05) is 5.39 Å². The van der Waals surface area contributed by atoms with E-state index in [4.69, 9.17) is 14.3 Å². The van der Waals surface area contributed by atoms with Gasteiger partial charge < -0.3 is 19.6 Å². The molecule has 2 aromatic rings. The second-order valence-corrected chi connectivity index (χ2v) is 3.91. The molecule has 0 saturated carbocycles. The summed E-state index contributed by atoms with van der Waals surface area (Å²) in [6.45, 7) is 1.60. The maximum absolute atomic E-state index is 11.3. The maximum Gasteiger partial charge on any atom is 0.407 e. The van der Waals surface area contributed by atoms with Crippen molar-refractivity contribution in [3.8, 4) is 0 Å². The summed E-state index contributed by atoms with van der Waals surface area (Å²) < 4.78 is 10.3. The first-order chi connectivity index (χ1) is 8.70. The monoisotopic (exact) mass is 249 g/mol. The van der Waals surface area contributed by atoms with Crippen molar-refractivity contribution < 1.29 is 19.1 Å². The molecule has 0 aliphatic rings. The minimum atomic E-state index is -0.572. The van der Waals surface area contributed by atoms with Gasteiger partial charge in [-0.3, -0.25) is 0 Å². The molecular formula is C13H15NO4. The molecule has 0 saturated heterocycles. The van der Waals surface area contributed by atoms with Crippen molar-refractivity contribution in [2.24, 2.45) is 0 Å². The molecule has 1 heterocycles. The molecular weight excluding hydrogens is 234 g/mol. The topological polar surface area (TPSA) is 71.7 Å². The van der Waals surface area contributed by atoms with Crippen molar-refractivity contribution in [1.82, 2.24) is 5.32 Å². The number of ether oxygens (including phenoxy) is 1. The number of benzene rings is 1. The van der Waals surface area contributed by atoms with E-state index in [1.165, 1.54) is 0 Å². The third kappa shape index (κ3) is 2.81. The number of rotatable bonds is 4. The number of nitrogens with one attached hydrogen (secondary N) is 1. The molecule has 5 heteroatoms. The number of hydrogen-bond acceptors (Lipinski definition) is 4. The Morgan fingerprint density at radius 2 is 2.28 bits per heavy atom. The number of alkyl carbamates (subject to hydrolysis) is 1. The van der Waals surface area contributed by atoms with E-state index >= 15 is 0 Å². The average molecular weight is 249 g/mol. The van der Waals surface area contributed by atoms with Crippen LogP contribution in [0.15, 0.2) is 34.7 Å².